The number of unbranched alkanes of at least 4 members (excludes halogenated alkanes) is 2. The smallest absolute Gasteiger partial charge is 0.253 e. The summed E-state index contributed by atoms with van der Waals surface area (Å²) in [5.74, 6) is 5.26. The van der Waals surface area contributed by atoms with Crippen molar-refractivity contribution in [2.45, 2.75) is 26.2 Å². The molecule has 16 heavy (non-hydrogen) atoms. The van der Waals surface area contributed by atoms with Crippen molar-refractivity contribution in [3.8, 4) is 0 Å². The fourth-order valence-electron chi connectivity index (χ4n) is 1.48. The zero-order valence-corrected chi connectivity index (χ0v) is 9.62. The largest absolute Gasteiger partial charge is 0.352 e. The Bertz CT molecular complexity index is 339. The average Bonchev–Trinajstić information content (AvgIpc) is 2.34. The van der Waals surface area contributed by atoms with Gasteiger partial charge in [-0.25, -0.2) is 0 Å². The molecule has 0 aromatic heterocycles. The van der Waals surface area contributed by atoms with Gasteiger partial charge in [-0.3, -0.25) is 10.6 Å². The number of nitrogens with one attached hydrogen (secondary N) is 2. The molecule has 4 nitrogen and oxygen atoms in total. The van der Waals surface area contributed by atoms with Crippen molar-refractivity contribution in [1.29, 1.82) is 0 Å². The van der Waals surface area contributed by atoms with E-state index in [1.54, 1.807) is 12.1 Å². The lowest BCUT2D eigenvalue weighted by molar-refractivity contribution is 0.0953. The Morgan fingerprint density at radius 3 is 2.75 bits per heavy atom. The minimum atomic E-state index is -0.0790. The molecular formula is C12H19N3O. The molecule has 0 aliphatic heterocycles. The Kier molecular flexibility index (Phi) is 5.36. The van der Waals surface area contributed by atoms with E-state index in [1.165, 1.54) is 0 Å². The lowest BCUT2D eigenvalue weighted by atomic mass is 10.1. The van der Waals surface area contributed by atoms with E-state index >= 15 is 0 Å². The maximum atomic E-state index is 11.8. The van der Waals surface area contributed by atoms with E-state index in [-0.39, 0.29) is 5.91 Å². The van der Waals surface area contributed by atoms with Crippen LogP contribution in [0.3, 0.4) is 0 Å². The number of rotatable bonds is 6. The molecule has 0 heterocycles. The molecule has 0 unspecified atom stereocenters. The Labute approximate surface area is 96.2 Å². The monoisotopic (exact) mass is 221 g/mol. The molecule has 0 bridgehead atoms. The molecule has 0 saturated carbocycles. The first-order valence-electron chi connectivity index (χ1n) is 5.63. The summed E-state index contributed by atoms with van der Waals surface area (Å²) in [5.41, 5.74) is 3.75. The van der Waals surface area contributed by atoms with Crippen molar-refractivity contribution in [3.05, 3.63) is 29.8 Å². The molecule has 0 radical (unpaired) electrons. The summed E-state index contributed by atoms with van der Waals surface area (Å²) in [6.07, 6.45) is 3.30. The molecule has 0 aliphatic rings. The number of carbonyl (C=O) groups is 1. The van der Waals surface area contributed by atoms with Crippen LogP contribution in [0.5, 0.6) is 0 Å². The third-order valence-electron chi connectivity index (χ3n) is 2.39. The number of hydrogen-bond donors (Lipinski definition) is 3. The Morgan fingerprint density at radius 1 is 1.31 bits per heavy atom. The third-order valence-corrected chi connectivity index (χ3v) is 2.39. The van der Waals surface area contributed by atoms with Crippen LogP contribution >= 0.6 is 0 Å². The van der Waals surface area contributed by atoms with Crippen molar-refractivity contribution in [3.63, 3.8) is 0 Å². The van der Waals surface area contributed by atoms with E-state index < -0.39 is 0 Å². The van der Waals surface area contributed by atoms with E-state index in [1.807, 2.05) is 12.1 Å². The molecule has 1 aromatic rings. The van der Waals surface area contributed by atoms with Crippen molar-refractivity contribution in [2.24, 2.45) is 5.84 Å². The summed E-state index contributed by atoms with van der Waals surface area (Å²) in [7, 11) is 0. The molecule has 0 fully saturated rings. The Morgan fingerprint density at radius 2 is 2.06 bits per heavy atom. The number of para-hydroxylation sites is 1. The zero-order valence-electron chi connectivity index (χ0n) is 9.62. The highest BCUT2D eigenvalue weighted by molar-refractivity contribution is 5.99. The lowest BCUT2D eigenvalue weighted by Gasteiger charge is -2.08. The van der Waals surface area contributed by atoms with Gasteiger partial charge in [-0.1, -0.05) is 31.9 Å². The molecule has 4 heteroatoms. The van der Waals surface area contributed by atoms with E-state index in [2.05, 4.69) is 17.7 Å². The molecular weight excluding hydrogens is 202 g/mol. The second-order valence-corrected chi connectivity index (χ2v) is 3.65. The van der Waals surface area contributed by atoms with Gasteiger partial charge in [0.15, 0.2) is 0 Å². The van der Waals surface area contributed by atoms with Crippen LogP contribution in [0.1, 0.15) is 36.5 Å². The lowest BCUT2D eigenvalue weighted by Crippen LogP contribution is -2.26. The minimum absolute atomic E-state index is 0.0790. The predicted molar refractivity (Wildman–Crippen MR) is 66.1 cm³/mol. The first-order chi connectivity index (χ1) is 7.79. The number of hydrazine groups is 1. The van der Waals surface area contributed by atoms with Crippen molar-refractivity contribution in [2.75, 3.05) is 12.0 Å². The summed E-state index contributed by atoms with van der Waals surface area (Å²) in [6, 6.07) is 7.19. The SMILES string of the molecule is CCCCCNC(=O)c1ccccc1NN. The second kappa shape index (κ2) is 6.85. The number of hydrogen-bond acceptors (Lipinski definition) is 3. The normalized spacial score (nSPS) is 9.88. The first kappa shape index (κ1) is 12.5. The zero-order chi connectivity index (χ0) is 11.8. The van der Waals surface area contributed by atoms with Crippen molar-refractivity contribution < 1.29 is 4.79 Å². The van der Waals surface area contributed by atoms with Crippen LogP contribution in [-0.2, 0) is 0 Å². The van der Waals surface area contributed by atoms with Crippen LogP contribution in [0, 0.1) is 0 Å². The first-order valence-corrected chi connectivity index (χ1v) is 5.63. The van der Waals surface area contributed by atoms with Crippen LogP contribution < -0.4 is 16.6 Å². The number of amides is 1. The van der Waals surface area contributed by atoms with Gasteiger partial charge in [0.05, 0.1) is 11.3 Å². The Balaban J connectivity index is 2.52. The van der Waals surface area contributed by atoms with Gasteiger partial charge < -0.3 is 10.7 Å². The fraction of sp³-hybridized carbons (Fsp3) is 0.417. The van der Waals surface area contributed by atoms with Crippen LogP contribution in [0.15, 0.2) is 24.3 Å². The third kappa shape index (κ3) is 3.55. The molecule has 0 atom stereocenters. The molecule has 1 amide bonds. The van der Waals surface area contributed by atoms with Crippen LogP contribution in [0.2, 0.25) is 0 Å². The molecule has 88 valence electrons. The van der Waals surface area contributed by atoms with Gasteiger partial charge in [0.25, 0.3) is 5.91 Å². The van der Waals surface area contributed by atoms with E-state index in [0.717, 1.165) is 19.3 Å². The molecule has 0 spiro atoms. The molecule has 4 N–H and O–H groups in total. The van der Waals surface area contributed by atoms with Gasteiger partial charge in [-0.05, 0) is 18.6 Å². The molecule has 0 aliphatic carbocycles. The van der Waals surface area contributed by atoms with Gasteiger partial charge in [0.2, 0.25) is 0 Å². The number of nitrogens with two attached hydrogens (primary N) is 1. The summed E-state index contributed by atoms with van der Waals surface area (Å²) in [6.45, 7) is 2.85. The molecule has 1 aromatic carbocycles. The summed E-state index contributed by atoms with van der Waals surface area (Å²) in [4.78, 5) is 11.8. The van der Waals surface area contributed by atoms with Crippen molar-refractivity contribution in [1.82, 2.24) is 5.32 Å². The fourth-order valence-corrected chi connectivity index (χ4v) is 1.48. The van der Waals surface area contributed by atoms with Crippen LogP contribution in [-0.4, -0.2) is 12.5 Å². The van der Waals surface area contributed by atoms with Crippen LogP contribution in [0.4, 0.5) is 5.69 Å². The highest BCUT2D eigenvalue weighted by atomic mass is 16.1. The van der Waals surface area contributed by atoms with E-state index in [0.29, 0.717) is 17.8 Å². The maximum absolute atomic E-state index is 11.8. The van der Waals surface area contributed by atoms with Crippen molar-refractivity contribution >= 4 is 11.6 Å². The number of benzene rings is 1. The van der Waals surface area contributed by atoms with Gasteiger partial charge in [-0.2, -0.15) is 0 Å². The quantitative estimate of drug-likeness (QED) is 0.390. The summed E-state index contributed by atoms with van der Waals surface area (Å²) in [5, 5.41) is 2.87. The van der Waals surface area contributed by atoms with E-state index in [4.69, 9.17) is 5.84 Å². The minimum Gasteiger partial charge on any atom is -0.352 e. The second-order valence-electron chi connectivity index (χ2n) is 3.65. The van der Waals surface area contributed by atoms with Gasteiger partial charge in [0.1, 0.15) is 0 Å². The highest BCUT2D eigenvalue weighted by Crippen LogP contribution is 2.12. The summed E-state index contributed by atoms with van der Waals surface area (Å²) >= 11 is 0. The predicted octanol–water partition coefficient (Wildman–Crippen LogP) is 1.89. The Hall–Kier alpha value is -1.55. The van der Waals surface area contributed by atoms with Gasteiger partial charge in [0, 0.05) is 6.54 Å². The maximum Gasteiger partial charge on any atom is 0.253 e. The molecule has 1 rings (SSSR count). The van der Waals surface area contributed by atoms with E-state index in [9.17, 15) is 4.79 Å². The average molecular weight is 221 g/mol. The number of nitrogen functional groups attached to an aromatic ring is 1. The topological polar surface area (TPSA) is 67.2 Å². The summed E-state index contributed by atoms with van der Waals surface area (Å²) < 4.78 is 0. The standard InChI is InChI=1S/C12H19N3O/c1-2-3-6-9-14-12(16)10-7-4-5-8-11(10)15-13/h4-5,7-8,15H,2-3,6,9,13H2,1H3,(H,14,16). The highest BCUT2D eigenvalue weighted by Gasteiger charge is 2.08. The molecule has 0 saturated heterocycles. The van der Waals surface area contributed by atoms with Crippen LogP contribution in [0.25, 0.3) is 0 Å². The number of carbonyl (C=O) groups excluding carboxylic acids is 1. The number of anilines is 1. The van der Waals surface area contributed by atoms with Gasteiger partial charge >= 0.3 is 0 Å². The van der Waals surface area contributed by atoms with Gasteiger partial charge in [-0.15, -0.1) is 0 Å².